The van der Waals surface area contributed by atoms with E-state index < -0.39 is 37.0 Å². The van der Waals surface area contributed by atoms with E-state index in [-0.39, 0.29) is 12.6 Å². The molecule has 0 aliphatic carbocycles. The number of rotatable bonds is 19. The van der Waals surface area contributed by atoms with Crippen LogP contribution in [0.4, 0.5) is 0 Å². The van der Waals surface area contributed by atoms with Gasteiger partial charge < -0.3 is 28.8 Å². The molecule has 2 aliphatic rings. The number of hydrogen-bond acceptors (Lipinski definition) is 7. The molecule has 0 radical (unpaired) electrons. The fourth-order valence-electron chi connectivity index (χ4n) is 5.63. The summed E-state index contributed by atoms with van der Waals surface area (Å²) in [6.45, 7) is 2.50. The van der Waals surface area contributed by atoms with E-state index in [9.17, 15) is 9.90 Å². The lowest BCUT2D eigenvalue weighted by atomic mass is 9.97. The molecule has 244 valence electrons. The monoisotopic (exact) mass is 610 g/mol. The van der Waals surface area contributed by atoms with Crippen molar-refractivity contribution in [3.8, 4) is 23.7 Å². The molecule has 6 atom stereocenters. The van der Waals surface area contributed by atoms with Crippen molar-refractivity contribution in [1.82, 2.24) is 0 Å². The third kappa shape index (κ3) is 13.3. The van der Waals surface area contributed by atoms with Gasteiger partial charge in [-0.15, -0.1) is 0 Å². The third-order valence-electron chi connectivity index (χ3n) is 8.21. The minimum absolute atomic E-state index is 0.239. The summed E-state index contributed by atoms with van der Waals surface area (Å²) in [5.74, 6) is 12.0. The first-order valence-electron chi connectivity index (χ1n) is 17.0. The Labute approximate surface area is 265 Å². The molecule has 1 N–H and O–H groups in total. The highest BCUT2D eigenvalue weighted by molar-refractivity contribution is 5.69. The molecule has 2 heterocycles. The van der Waals surface area contributed by atoms with Crippen LogP contribution in [0.5, 0.6) is 0 Å². The van der Waals surface area contributed by atoms with Crippen LogP contribution in [0.15, 0.2) is 30.3 Å². The van der Waals surface area contributed by atoms with Gasteiger partial charge in [-0.2, -0.15) is 0 Å². The number of hydrogen-bond donors (Lipinski definition) is 1. The smallest absolute Gasteiger partial charge is 0.306 e. The average molecular weight is 611 g/mol. The molecule has 1 aromatic rings. The number of carbonyl (C=O) groups is 1. The summed E-state index contributed by atoms with van der Waals surface area (Å²) in [5, 5.41) is 10.8. The first-order valence-corrected chi connectivity index (χ1v) is 17.0. The van der Waals surface area contributed by atoms with Gasteiger partial charge in [0.2, 0.25) is 0 Å². The minimum atomic E-state index is -1.16. The summed E-state index contributed by atoms with van der Waals surface area (Å²) in [4.78, 5) is 12.7. The van der Waals surface area contributed by atoms with Crippen molar-refractivity contribution in [2.24, 2.45) is 0 Å². The molecule has 0 amide bonds. The maximum atomic E-state index is 12.7. The van der Waals surface area contributed by atoms with Gasteiger partial charge in [0, 0.05) is 31.9 Å². The predicted octanol–water partition coefficient (Wildman–Crippen LogP) is 7.40. The number of aliphatic hydroxyl groups excluding tert-OH is 1. The van der Waals surface area contributed by atoms with Crippen molar-refractivity contribution in [3.05, 3.63) is 35.9 Å². The normalized spacial score (nSPS) is 24.3. The number of carbonyl (C=O) groups excluding carboxylic acids is 1. The molecule has 3 rings (SSSR count). The Morgan fingerprint density at radius 3 is 2.05 bits per heavy atom. The van der Waals surface area contributed by atoms with Crippen LogP contribution in [-0.2, 0) is 28.5 Å². The number of aliphatic hydroxyl groups is 1. The number of methoxy groups -OCH3 is 1. The van der Waals surface area contributed by atoms with Crippen molar-refractivity contribution < 1.29 is 33.6 Å². The van der Waals surface area contributed by atoms with E-state index in [0.717, 1.165) is 56.9 Å². The molecule has 2 aliphatic heterocycles. The van der Waals surface area contributed by atoms with Crippen LogP contribution in [0.3, 0.4) is 0 Å². The predicted molar refractivity (Wildman–Crippen MR) is 171 cm³/mol. The highest BCUT2D eigenvalue weighted by atomic mass is 16.8. The van der Waals surface area contributed by atoms with Crippen molar-refractivity contribution in [3.63, 3.8) is 0 Å². The Kier molecular flexibility index (Phi) is 18.2. The molecule has 1 aromatic carbocycles. The van der Waals surface area contributed by atoms with Gasteiger partial charge in [-0.25, -0.2) is 0 Å². The third-order valence-corrected chi connectivity index (χ3v) is 8.21. The van der Waals surface area contributed by atoms with Crippen molar-refractivity contribution in [1.29, 1.82) is 0 Å². The molecule has 7 nitrogen and oxygen atoms in total. The van der Waals surface area contributed by atoms with Crippen LogP contribution in [-0.4, -0.2) is 55.5 Å². The zero-order valence-electron chi connectivity index (χ0n) is 27.0. The van der Waals surface area contributed by atoms with E-state index in [1.54, 1.807) is 0 Å². The van der Waals surface area contributed by atoms with Crippen LogP contribution >= 0.6 is 0 Å². The number of esters is 1. The van der Waals surface area contributed by atoms with Gasteiger partial charge in [0.1, 0.15) is 18.3 Å². The Morgan fingerprint density at radius 1 is 0.841 bits per heavy atom. The Balaban J connectivity index is 1.24. The lowest BCUT2D eigenvalue weighted by Gasteiger charge is -2.47. The van der Waals surface area contributed by atoms with Crippen LogP contribution < -0.4 is 0 Å². The van der Waals surface area contributed by atoms with Crippen LogP contribution in [0.2, 0.25) is 0 Å². The lowest BCUT2D eigenvalue weighted by Crippen LogP contribution is -2.63. The lowest BCUT2D eigenvalue weighted by molar-refractivity contribution is -0.358. The van der Waals surface area contributed by atoms with Gasteiger partial charge in [-0.05, 0) is 31.1 Å². The van der Waals surface area contributed by atoms with Gasteiger partial charge in [0.15, 0.2) is 18.7 Å². The second-order valence-electron chi connectivity index (χ2n) is 11.9. The quantitative estimate of drug-likeness (QED) is 0.0993. The summed E-state index contributed by atoms with van der Waals surface area (Å²) >= 11 is 0. The second-order valence-corrected chi connectivity index (χ2v) is 11.9. The molecule has 2 saturated heterocycles. The highest BCUT2D eigenvalue weighted by Crippen LogP contribution is 2.35. The minimum Gasteiger partial charge on any atom is -0.456 e. The number of ether oxygens (including phenoxy) is 5. The van der Waals surface area contributed by atoms with E-state index in [2.05, 4.69) is 30.6 Å². The van der Waals surface area contributed by atoms with Crippen molar-refractivity contribution in [2.45, 2.75) is 153 Å². The number of fused-ring (bicyclic) bond motifs is 1. The van der Waals surface area contributed by atoms with E-state index in [1.807, 2.05) is 30.3 Å². The van der Waals surface area contributed by atoms with Crippen LogP contribution in [0.25, 0.3) is 0 Å². The maximum Gasteiger partial charge on any atom is 0.306 e. The van der Waals surface area contributed by atoms with Gasteiger partial charge >= 0.3 is 5.97 Å². The Morgan fingerprint density at radius 2 is 1.43 bits per heavy atom. The molecule has 0 saturated carbocycles. The molecule has 0 spiro atoms. The summed E-state index contributed by atoms with van der Waals surface area (Å²) in [6.07, 6.45) is 14.0. The molecule has 2 fully saturated rings. The summed E-state index contributed by atoms with van der Waals surface area (Å²) in [7, 11) is 1.45. The zero-order chi connectivity index (χ0) is 31.2. The topological polar surface area (TPSA) is 83.5 Å². The molecule has 0 bridgehead atoms. The number of unbranched alkanes of at least 4 members (excludes halogenated alkanes) is 14. The average Bonchev–Trinajstić information content (AvgIpc) is 3.05. The summed E-state index contributed by atoms with van der Waals surface area (Å²) in [6, 6.07) is 9.55. The van der Waals surface area contributed by atoms with Crippen LogP contribution in [0.1, 0.15) is 128 Å². The van der Waals surface area contributed by atoms with E-state index >= 15 is 0 Å². The van der Waals surface area contributed by atoms with Crippen molar-refractivity contribution in [2.75, 3.05) is 13.7 Å². The van der Waals surface area contributed by atoms with Crippen LogP contribution in [0, 0.1) is 23.7 Å². The van der Waals surface area contributed by atoms with E-state index in [1.165, 1.54) is 58.5 Å². The highest BCUT2D eigenvalue weighted by Gasteiger charge is 2.51. The summed E-state index contributed by atoms with van der Waals surface area (Å²) < 4.78 is 28.9. The largest absolute Gasteiger partial charge is 0.456 e. The van der Waals surface area contributed by atoms with E-state index in [4.69, 9.17) is 23.7 Å². The van der Waals surface area contributed by atoms with Gasteiger partial charge in [0.25, 0.3) is 0 Å². The Hall–Kier alpha value is -2.39. The molecular formula is C37H54O7. The van der Waals surface area contributed by atoms with E-state index in [0.29, 0.717) is 6.42 Å². The second kappa shape index (κ2) is 22.2. The van der Waals surface area contributed by atoms with Gasteiger partial charge in [0.05, 0.1) is 6.61 Å². The SMILES string of the molecule is CCCCCCCCCCC#CC#CCCCCCCCCC(=O)O[C@@H]1[C@@H](O)[C@@H](OC)O[C@@H]2COC(c3ccccc3)O[C@@H]12. The Bertz CT molecular complexity index is 1040. The maximum absolute atomic E-state index is 12.7. The molecular weight excluding hydrogens is 556 g/mol. The zero-order valence-corrected chi connectivity index (χ0v) is 27.0. The standard InChI is InChI=1S/C37H54O7/c1-3-4-5-6-7-8-9-10-11-12-13-14-15-16-17-18-19-20-21-25-28-32(38)43-35-33(39)37(40-2)42-31-29-41-36(44-34(31)35)30-26-23-22-24-27-30/h22-24,26-27,31,33-37,39H,3-11,16-21,25,28-29H2,1-2H3/t31-,33-,34-,35-,36?,37+/m1/s1. The van der Waals surface area contributed by atoms with Crippen molar-refractivity contribution >= 4 is 5.97 Å². The molecule has 0 aromatic heterocycles. The fourth-order valence-corrected chi connectivity index (χ4v) is 5.63. The first kappa shape index (κ1) is 36.1. The molecule has 44 heavy (non-hydrogen) atoms. The molecule has 1 unspecified atom stereocenters. The summed E-state index contributed by atoms with van der Waals surface area (Å²) in [5.41, 5.74) is 0.851. The first-order chi connectivity index (χ1) is 21.6. The fraction of sp³-hybridized carbons (Fsp3) is 0.703. The molecule has 7 heteroatoms. The van der Waals surface area contributed by atoms with Gasteiger partial charge in [-0.1, -0.05) is 120 Å². The number of benzene rings is 1. The van der Waals surface area contributed by atoms with Gasteiger partial charge in [-0.3, -0.25) is 4.79 Å².